The van der Waals surface area contributed by atoms with E-state index in [0.717, 1.165) is 31.8 Å². The van der Waals surface area contributed by atoms with Gasteiger partial charge in [-0.3, -0.25) is 0 Å². The summed E-state index contributed by atoms with van der Waals surface area (Å²) in [5.74, 6) is 1.51. The minimum absolute atomic E-state index is 0.238. The number of nitrogens with two attached hydrogens (primary N) is 1. The first kappa shape index (κ1) is 12.0. The largest absolute Gasteiger partial charge is 0.492 e. The molecule has 94 valence electrons. The molecule has 1 aliphatic rings. The molecule has 0 radical (unpaired) electrons. The van der Waals surface area contributed by atoms with Gasteiger partial charge in [0.15, 0.2) is 0 Å². The maximum absolute atomic E-state index is 5.88. The Bertz CT molecular complexity index is 362. The van der Waals surface area contributed by atoms with Crippen LogP contribution in [-0.4, -0.2) is 25.9 Å². The topological polar surface area (TPSA) is 53.7 Å². The van der Waals surface area contributed by atoms with Crippen LogP contribution in [-0.2, 0) is 4.74 Å². The molecule has 0 spiro atoms. The third-order valence-electron chi connectivity index (χ3n) is 2.76. The SMILES string of the molecule is CCOc1cc(OC2CCOCC2)ccc1N. The van der Waals surface area contributed by atoms with Crippen molar-refractivity contribution in [2.75, 3.05) is 25.6 Å². The quantitative estimate of drug-likeness (QED) is 0.816. The van der Waals surface area contributed by atoms with Gasteiger partial charge in [0.05, 0.1) is 25.5 Å². The maximum Gasteiger partial charge on any atom is 0.145 e. The number of ether oxygens (including phenoxy) is 3. The Balaban J connectivity index is 2.02. The summed E-state index contributed by atoms with van der Waals surface area (Å²) in [4.78, 5) is 0. The summed E-state index contributed by atoms with van der Waals surface area (Å²) < 4.78 is 16.6. The fourth-order valence-electron chi connectivity index (χ4n) is 1.85. The molecule has 1 aromatic carbocycles. The van der Waals surface area contributed by atoms with Gasteiger partial charge in [0.1, 0.15) is 17.6 Å². The number of benzene rings is 1. The second kappa shape index (κ2) is 5.77. The molecule has 0 atom stereocenters. The molecule has 17 heavy (non-hydrogen) atoms. The molecule has 1 saturated heterocycles. The zero-order valence-corrected chi connectivity index (χ0v) is 10.1. The zero-order chi connectivity index (χ0) is 12.1. The smallest absolute Gasteiger partial charge is 0.145 e. The molecule has 1 aliphatic heterocycles. The van der Waals surface area contributed by atoms with Crippen LogP contribution in [0.5, 0.6) is 11.5 Å². The highest BCUT2D eigenvalue weighted by Gasteiger charge is 2.15. The van der Waals surface area contributed by atoms with Gasteiger partial charge in [-0.15, -0.1) is 0 Å². The third kappa shape index (κ3) is 3.27. The van der Waals surface area contributed by atoms with Crippen molar-refractivity contribution < 1.29 is 14.2 Å². The molecular formula is C13H19NO3. The number of anilines is 1. The van der Waals surface area contributed by atoms with Crippen LogP contribution < -0.4 is 15.2 Å². The van der Waals surface area contributed by atoms with E-state index in [9.17, 15) is 0 Å². The molecule has 4 nitrogen and oxygen atoms in total. The van der Waals surface area contributed by atoms with E-state index in [0.29, 0.717) is 18.0 Å². The molecule has 1 fully saturated rings. The Hall–Kier alpha value is -1.42. The first-order chi connectivity index (χ1) is 8.29. The summed E-state index contributed by atoms with van der Waals surface area (Å²) in [5.41, 5.74) is 6.45. The molecule has 2 N–H and O–H groups in total. The van der Waals surface area contributed by atoms with Crippen molar-refractivity contribution in [3.05, 3.63) is 18.2 Å². The number of hydrogen-bond donors (Lipinski definition) is 1. The lowest BCUT2D eigenvalue weighted by Gasteiger charge is -2.23. The van der Waals surface area contributed by atoms with Crippen LogP contribution in [0.1, 0.15) is 19.8 Å². The highest BCUT2D eigenvalue weighted by atomic mass is 16.5. The van der Waals surface area contributed by atoms with Gasteiger partial charge < -0.3 is 19.9 Å². The lowest BCUT2D eigenvalue weighted by Crippen LogP contribution is -2.25. The van der Waals surface area contributed by atoms with E-state index in [1.807, 2.05) is 25.1 Å². The summed E-state index contributed by atoms with van der Waals surface area (Å²) in [6.07, 6.45) is 2.12. The van der Waals surface area contributed by atoms with Crippen LogP contribution in [0.2, 0.25) is 0 Å². The molecule has 1 heterocycles. The molecule has 2 rings (SSSR count). The second-order valence-electron chi connectivity index (χ2n) is 4.06. The molecule has 1 aromatic rings. The molecule has 0 aliphatic carbocycles. The maximum atomic E-state index is 5.88. The van der Waals surface area contributed by atoms with Gasteiger partial charge in [0, 0.05) is 18.9 Å². The third-order valence-corrected chi connectivity index (χ3v) is 2.76. The van der Waals surface area contributed by atoms with E-state index < -0.39 is 0 Å². The first-order valence-electron chi connectivity index (χ1n) is 6.06. The van der Waals surface area contributed by atoms with Crippen molar-refractivity contribution >= 4 is 5.69 Å². The first-order valence-corrected chi connectivity index (χ1v) is 6.06. The van der Waals surface area contributed by atoms with Gasteiger partial charge in [-0.05, 0) is 19.1 Å². The van der Waals surface area contributed by atoms with Crippen LogP contribution in [0.25, 0.3) is 0 Å². The Kier molecular flexibility index (Phi) is 4.09. The van der Waals surface area contributed by atoms with Crippen LogP contribution in [0.3, 0.4) is 0 Å². The van der Waals surface area contributed by atoms with Crippen LogP contribution in [0, 0.1) is 0 Å². The minimum Gasteiger partial charge on any atom is -0.492 e. The Labute approximate surface area is 102 Å². The average Bonchev–Trinajstić information content (AvgIpc) is 2.35. The molecule has 4 heteroatoms. The number of hydrogen-bond acceptors (Lipinski definition) is 4. The van der Waals surface area contributed by atoms with Gasteiger partial charge >= 0.3 is 0 Å². The van der Waals surface area contributed by atoms with Crippen molar-refractivity contribution in [3.63, 3.8) is 0 Å². The van der Waals surface area contributed by atoms with E-state index in [2.05, 4.69) is 0 Å². The molecule has 0 saturated carbocycles. The second-order valence-corrected chi connectivity index (χ2v) is 4.06. The van der Waals surface area contributed by atoms with Crippen molar-refractivity contribution in [2.45, 2.75) is 25.9 Å². The Morgan fingerprint density at radius 2 is 2.12 bits per heavy atom. The fourth-order valence-corrected chi connectivity index (χ4v) is 1.85. The lowest BCUT2D eigenvalue weighted by molar-refractivity contribution is 0.0255. The molecule has 0 amide bonds. The summed E-state index contributed by atoms with van der Waals surface area (Å²) in [7, 11) is 0. The summed E-state index contributed by atoms with van der Waals surface area (Å²) in [5, 5.41) is 0. The monoisotopic (exact) mass is 237 g/mol. The fraction of sp³-hybridized carbons (Fsp3) is 0.538. The van der Waals surface area contributed by atoms with Crippen LogP contribution in [0.4, 0.5) is 5.69 Å². The zero-order valence-electron chi connectivity index (χ0n) is 10.1. The average molecular weight is 237 g/mol. The van der Waals surface area contributed by atoms with Crippen LogP contribution in [0.15, 0.2) is 18.2 Å². The summed E-state index contributed by atoms with van der Waals surface area (Å²) >= 11 is 0. The summed E-state index contributed by atoms with van der Waals surface area (Å²) in [6, 6.07) is 5.56. The van der Waals surface area contributed by atoms with Crippen molar-refractivity contribution in [2.24, 2.45) is 0 Å². The predicted molar refractivity (Wildman–Crippen MR) is 66.5 cm³/mol. The number of rotatable bonds is 4. The van der Waals surface area contributed by atoms with E-state index >= 15 is 0 Å². The van der Waals surface area contributed by atoms with Crippen LogP contribution >= 0.6 is 0 Å². The van der Waals surface area contributed by atoms with Gasteiger partial charge in [-0.25, -0.2) is 0 Å². The van der Waals surface area contributed by atoms with Crippen molar-refractivity contribution in [1.29, 1.82) is 0 Å². The number of nitrogen functional groups attached to an aromatic ring is 1. The van der Waals surface area contributed by atoms with Crippen molar-refractivity contribution in [1.82, 2.24) is 0 Å². The van der Waals surface area contributed by atoms with E-state index in [4.69, 9.17) is 19.9 Å². The van der Waals surface area contributed by atoms with Gasteiger partial charge in [0.2, 0.25) is 0 Å². The summed E-state index contributed by atoms with van der Waals surface area (Å²) in [6.45, 7) is 4.09. The predicted octanol–water partition coefficient (Wildman–Crippen LogP) is 2.23. The molecular weight excluding hydrogens is 218 g/mol. The van der Waals surface area contributed by atoms with E-state index in [1.165, 1.54) is 0 Å². The Morgan fingerprint density at radius 3 is 2.82 bits per heavy atom. The molecule has 0 bridgehead atoms. The van der Waals surface area contributed by atoms with E-state index in [1.54, 1.807) is 0 Å². The van der Waals surface area contributed by atoms with Crippen molar-refractivity contribution in [3.8, 4) is 11.5 Å². The lowest BCUT2D eigenvalue weighted by atomic mass is 10.1. The van der Waals surface area contributed by atoms with Gasteiger partial charge in [0.25, 0.3) is 0 Å². The van der Waals surface area contributed by atoms with Gasteiger partial charge in [-0.1, -0.05) is 0 Å². The standard InChI is InChI=1S/C13H19NO3/c1-2-16-13-9-11(3-4-12(13)14)17-10-5-7-15-8-6-10/h3-4,9-10H,2,5-8,14H2,1H3. The molecule has 0 aromatic heterocycles. The van der Waals surface area contributed by atoms with E-state index in [-0.39, 0.29) is 6.10 Å². The highest BCUT2D eigenvalue weighted by Crippen LogP contribution is 2.28. The Morgan fingerprint density at radius 1 is 1.35 bits per heavy atom. The highest BCUT2D eigenvalue weighted by molar-refractivity contribution is 5.55. The normalized spacial score (nSPS) is 16.8. The molecule has 0 unspecified atom stereocenters. The minimum atomic E-state index is 0.238. The van der Waals surface area contributed by atoms with Gasteiger partial charge in [-0.2, -0.15) is 0 Å².